The number of hydrogen-bond acceptors (Lipinski definition) is 3. The molecule has 0 radical (unpaired) electrons. The summed E-state index contributed by atoms with van der Waals surface area (Å²) in [5.74, 6) is 1.60. The number of aromatic hydroxyl groups is 1. The summed E-state index contributed by atoms with van der Waals surface area (Å²) in [6.45, 7) is 2.83. The largest absolute Gasteiger partial charge is 0.508 e. The lowest BCUT2D eigenvalue weighted by Crippen LogP contribution is -2.18. The lowest BCUT2D eigenvalue weighted by molar-refractivity contribution is 0.119. The molecule has 3 heteroatoms. The van der Waals surface area contributed by atoms with Gasteiger partial charge in [-0.15, -0.1) is 0 Å². The molecule has 0 amide bonds. The Hall–Kier alpha value is -2.00. The van der Waals surface area contributed by atoms with Crippen molar-refractivity contribution >= 4 is 0 Å². The minimum absolute atomic E-state index is 0.240. The van der Waals surface area contributed by atoms with Gasteiger partial charge in [-0.2, -0.15) is 0 Å². The van der Waals surface area contributed by atoms with Crippen LogP contribution in [0, 0.1) is 0 Å². The summed E-state index contributed by atoms with van der Waals surface area (Å²) >= 11 is 0. The summed E-state index contributed by atoms with van der Waals surface area (Å²) in [6.07, 6.45) is 6.85. The third-order valence-electron chi connectivity index (χ3n) is 5.72. The molecule has 0 saturated heterocycles. The van der Waals surface area contributed by atoms with E-state index in [1.165, 1.54) is 18.4 Å². The quantitative estimate of drug-likeness (QED) is 0.622. The minimum atomic E-state index is -0.246. The highest BCUT2D eigenvalue weighted by atomic mass is 16.5. The number of hydrogen-bond donors (Lipinski definition) is 2. The zero-order valence-corrected chi connectivity index (χ0v) is 16.3. The summed E-state index contributed by atoms with van der Waals surface area (Å²) < 4.78 is 6.05. The summed E-state index contributed by atoms with van der Waals surface area (Å²) in [7, 11) is 0. The van der Waals surface area contributed by atoms with Gasteiger partial charge in [0, 0.05) is 12.0 Å². The van der Waals surface area contributed by atoms with Gasteiger partial charge >= 0.3 is 0 Å². The number of benzene rings is 2. The lowest BCUT2D eigenvalue weighted by atomic mass is 9.82. The standard InChI is InChI=1S/C24H32O3/c1-2-3-8-20(18-9-5-4-6-10-18)17-27-22-13-14-23(24(26)16-22)19-11-7-12-21(25)15-19/h4-6,9-10,13-14,16,19-21,25-26H,2-3,7-8,11-12,15,17H2,1H3. The van der Waals surface area contributed by atoms with E-state index < -0.39 is 0 Å². The average molecular weight is 369 g/mol. The van der Waals surface area contributed by atoms with Crippen LogP contribution in [0.3, 0.4) is 0 Å². The molecule has 1 aliphatic carbocycles. The maximum Gasteiger partial charge on any atom is 0.123 e. The zero-order valence-electron chi connectivity index (χ0n) is 16.3. The van der Waals surface area contributed by atoms with E-state index in [9.17, 15) is 10.2 Å². The predicted molar refractivity (Wildman–Crippen MR) is 110 cm³/mol. The number of aliphatic hydroxyl groups is 1. The molecule has 0 aromatic heterocycles. The molecule has 1 aliphatic rings. The van der Waals surface area contributed by atoms with Crippen molar-refractivity contribution < 1.29 is 14.9 Å². The Morgan fingerprint density at radius 3 is 2.63 bits per heavy atom. The van der Waals surface area contributed by atoms with Crippen LogP contribution in [-0.2, 0) is 0 Å². The van der Waals surface area contributed by atoms with Crippen LogP contribution in [0.4, 0.5) is 0 Å². The van der Waals surface area contributed by atoms with E-state index in [-0.39, 0.29) is 17.8 Å². The summed E-state index contributed by atoms with van der Waals surface area (Å²) in [4.78, 5) is 0. The number of aliphatic hydroxyl groups excluding tert-OH is 1. The molecule has 1 saturated carbocycles. The van der Waals surface area contributed by atoms with Crippen molar-refractivity contribution in [1.82, 2.24) is 0 Å². The fraction of sp³-hybridized carbons (Fsp3) is 0.500. The highest BCUT2D eigenvalue weighted by Gasteiger charge is 2.24. The van der Waals surface area contributed by atoms with Gasteiger partial charge in [0.2, 0.25) is 0 Å². The maximum atomic E-state index is 10.5. The van der Waals surface area contributed by atoms with E-state index >= 15 is 0 Å². The first-order chi connectivity index (χ1) is 13.2. The first kappa shape index (κ1) is 19.8. The maximum absolute atomic E-state index is 10.5. The van der Waals surface area contributed by atoms with E-state index in [0.29, 0.717) is 18.3 Å². The third-order valence-corrected chi connectivity index (χ3v) is 5.72. The number of phenols is 1. The van der Waals surface area contributed by atoms with Crippen LogP contribution in [0.1, 0.15) is 74.8 Å². The third kappa shape index (κ3) is 5.49. The fourth-order valence-electron chi connectivity index (χ4n) is 4.12. The zero-order chi connectivity index (χ0) is 19.1. The summed E-state index contributed by atoms with van der Waals surface area (Å²) in [5, 5.41) is 20.4. The van der Waals surface area contributed by atoms with Gasteiger partial charge in [-0.05, 0) is 48.8 Å². The molecule has 146 valence electrons. The van der Waals surface area contributed by atoms with Gasteiger partial charge in [0.25, 0.3) is 0 Å². The van der Waals surface area contributed by atoms with Crippen molar-refractivity contribution in [2.75, 3.05) is 6.61 Å². The molecule has 0 aliphatic heterocycles. The Morgan fingerprint density at radius 1 is 1.11 bits per heavy atom. The molecule has 2 N–H and O–H groups in total. The molecular formula is C24H32O3. The summed E-state index contributed by atoms with van der Waals surface area (Å²) in [6, 6.07) is 16.2. The van der Waals surface area contributed by atoms with Crippen LogP contribution >= 0.6 is 0 Å². The Morgan fingerprint density at radius 2 is 1.93 bits per heavy atom. The molecule has 27 heavy (non-hydrogen) atoms. The first-order valence-electron chi connectivity index (χ1n) is 10.4. The molecular weight excluding hydrogens is 336 g/mol. The lowest BCUT2D eigenvalue weighted by Gasteiger charge is -2.27. The molecule has 1 fully saturated rings. The summed E-state index contributed by atoms with van der Waals surface area (Å²) in [5.41, 5.74) is 2.25. The molecule has 3 rings (SSSR count). The smallest absolute Gasteiger partial charge is 0.123 e. The van der Waals surface area contributed by atoms with E-state index in [2.05, 4.69) is 31.2 Å². The second-order valence-electron chi connectivity index (χ2n) is 7.80. The van der Waals surface area contributed by atoms with Crippen LogP contribution in [0.15, 0.2) is 48.5 Å². The van der Waals surface area contributed by atoms with Crippen LogP contribution in [0.25, 0.3) is 0 Å². The van der Waals surface area contributed by atoms with Crippen molar-refractivity contribution in [1.29, 1.82) is 0 Å². The Labute approximate surface area is 163 Å². The van der Waals surface area contributed by atoms with Crippen molar-refractivity contribution in [2.24, 2.45) is 0 Å². The van der Waals surface area contributed by atoms with Crippen LogP contribution in [0.5, 0.6) is 11.5 Å². The monoisotopic (exact) mass is 368 g/mol. The van der Waals surface area contributed by atoms with Gasteiger partial charge in [-0.1, -0.05) is 62.6 Å². The average Bonchev–Trinajstić information content (AvgIpc) is 2.69. The second-order valence-corrected chi connectivity index (χ2v) is 7.80. The molecule has 0 spiro atoms. The Bertz CT molecular complexity index is 698. The minimum Gasteiger partial charge on any atom is -0.508 e. The van der Waals surface area contributed by atoms with E-state index in [4.69, 9.17) is 4.74 Å². The molecule has 0 heterocycles. The van der Waals surface area contributed by atoms with Gasteiger partial charge in [-0.3, -0.25) is 0 Å². The van der Waals surface area contributed by atoms with Crippen molar-refractivity contribution in [3.63, 3.8) is 0 Å². The van der Waals surface area contributed by atoms with Crippen LogP contribution < -0.4 is 4.74 Å². The fourth-order valence-corrected chi connectivity index (χ4v) is 4.12. The number of rotatable bonds is 8. The molecule has 2 aromatic carbocycles. The van der Waals surface area contributed by atoms with Gasteiger partial charge in [0.05, 0.1) is 12.7 Å². The number of ether oxygens (including phenoxy) is 1. The normalized spacial score (nSPS) is 21.0. The van der Waals surface area contributed by atoms with Crippen LogP contribution in [0.2, 0.25) is 0 Å². The van der Waals surface area contributed by atoms with Crippen molar-refractivity contribution in [3.8, 4) is 11.5 Å². The predicted octanol–water partition coefficient (Wildman–Crippen LogP) is 5.76. The molecule has 3 unspecified atom stereocenters. The van der Waals surface area contributed by atoms with Gasteiger partial charge < -0.3 is 14.9 Å². The SMILES string of the molecule is CCCCC(COc1ccc(C2CCCC(O)C2)c(O)c1)c1ccccc1. The molecule has 3 nitrogen and oxygen atoms in total. The van der Waals surface area contributed by atoms with Gasteiger partial charge in [-0.25, -0.2) is 0 Å². The van der Waals surface area contributed by atoms with Crippen molar-refractivity contribution in [3.05, 3.63) is 59.7 Å². The van der Waals surface area contributed by atoms with E-state index in [0.717, 1.165) is 37.7 Å². The van der Waals surface area contributed by atoms with Gasteiger partial charge in [0.15, 0.2) is 0 Å². The highest BCUT2D eigenvalue weighted by Crippen LogP contribution is 2.38. The highest BCUT2D eigenvalue weighted by molar-refractivity contribution is 5.42. The molecule has 2 aromatic rings. The first-order valence-corrected chi connectivity index (χ1v) is 10.4. The Balaban J connectivity index is 1.65. The second kappa shape index (κ2) is 9.80. The Kier molecular flexibility index (Phi) is 7.17. The number of phenolic OH excluding ortho intramolecular Hbond substituents is 1. The van der Waals surface area contributed by atoms with E-state index in [1.807, 2.05) is 18.2 Å². The van der Waals surface area contributed by atoms with Gasteiger partial charge in [0.1, 0.15) is 11.5 Å². The number of unbranched alkanes of at least 4 members (excludes halogenated alkanes) is 1. The van der Waals surface area contributed by atoms with Crippen molar-refractivity contribution in [2.45, 2.75) is 69.8 Å². The van der Waals surface area contributed by atoms with E-state index in [1.54, 1.807) is 6.07 Å². The van der Waals surface area contributed by atoms with Crippen LogP contribution in [-0.4, -0.2) is 22.9 Å². The topological polar surface area (TPSA) is 49.7 Å². The molecule has 0 bridgehead atoms. The molecule has 3 atom stereocenters.